The third-order valence-electron chi connectivity index (χ3n) is 3.62. The number of aromatic nitrogens is 1. The van der Waals surface area contributed by atoms with Crippen molar-refractivity contribution in [3.8, 4) is 0 Å². The first-order chi connectivity index (χ1) is 9.13. The number of fused-ring (bicyclic) bond motifs is 1. The van der Waals surface area contributed by atoms with Crippen molar-refractivity contribution in [2.75, 3.05) is 18.0 Å². The van der Waals surface area contributed by atoms with Gasteiger partial charge in [0.15, 0.2) is 0 Å². The van der Waals surface area contributed by atoms with Crippen LogP contribution in [0.25, 0.3) is 10.9 Å². The Kier molecular flexibility index (Phi) is 2.81. The summed E-state index contributed by atoms with van der Waals surface area (Å²) in [5, 5.41) is 11.5. The number of nitro benzene ring substituents is 1. The molecule has 0 aliphatic carbocycles. The number of hydrogen-bond acceptors (Lipinski definition) is 4. The molecule has 1 atom stereocenters. The summed E-state index contributed by atoms with van der Waals surface area (Å²) in [7, 11) is 0. The molecule has 0 bridgehead atoms. The standard InChI is InChI=1S/C14H15N3O2/c1-10-6-7-16(9-10)14-5-2-11-8-12(17(18)19)3-4-13(11)15-14/h2-5,8,10H,6-7,9H2,1H3. The largest absolute Gasteiger partial charge is 0.356 e. The Labute approximate surface area is 111 Å². The molecule has 5 heteroatoms. The maximum absolute atomic E-state index is 10.7. The molecule has 19 heavy (non-hydrogen) atoms. The maximum Gasteiger partial charge on any atom is 0.270 e. The van der Waals surface area contributed by atoms with Crippen LogP contribution in [0.1, 0.15) is 13.3 Å². The molecular weight excluding hydrogens is 242 g/mol. The van der Waals surface area contributed by atoms with Crippen LogP contribution in [0.2, 0.25) is 0 Å². The van der Waals surface area contributed by atoms with Crippen molar-refractivity contribution in [3.63, 3.8) is 0 Å². The van der Waals surface area contributed by atoms with E-state index in [4.69, 9.17) is 0 Å². The van der Waals surface area contributed by atoms with Crippen LogP contribution in [0, 0.1) is 16.0 Å². The average molecular weight is 257 g/mol. The number of nitro groups is 1. The molecule has 0 spiro atoms. The molecule has 98 valence electrons. The van der Waals surface area contributed by atoms with E-state index in [1.807, 2.05) is 12.1 Å². The van der Waals surface area contributed by atoms with Gasteiger partial charge in [-0.25, -0.2) is 4.98 Å². The van der Waals surface area contributed by atoms with Gasteiger partial charge in [0, 0.05) is 30.6 Å². The normalized spacial score (nSPS) is 19.0. The van der Waals surface area contributed by atoms with Gasteiger partial charge < -0.3 is 4.90 Å². The van der Waals surface area contributed by atoms with Crippen LogP contribution < -0.4 is 4.90 Å². The fourth-order valence-electron chi connectivity index (χ4n) is 2.54. The molecule has 1 aliphatic heterocycles. The van der Waals surface area contributed by atoms with Crippen molar-refractivity contribution in [1.29, 1.82) is 0 Å². The van der Waals surface area contributed by atoms with Gasteiger partial charge in [0.1, 0.15) is 5.82 Å². The predicted octanol–water partition coefficient (Wildman–Crippen LogP) is 2.99. The highest BCUT2D eigenvalue weighted by Crippen LogP contribution is 2.25. The molecule has 0 saturated carbocycles. The lowest BCUT2D eigenvalue weighted by Crippen LogP contribution is -2.20. The Morgan fingerprint density at radius 3 is 2.89 bits per heavy atom. The summed E-state index contributed by atoms with van der Waals surface area (Å²) in [4.78, 5) is 17.2. The van der Waals surface area contributed by atoms with Gasteiger partial charge >= 0.3 is 0 Å². The Morgan fingerprint density at radius 1 is 1.37 bits per heavy atom. The van der Waals surface area contributed by atoms with Crippen molar-refractivity contribution in [2.24, 2.45) is 5.92 Å². The zero-order valence-corrected chi connectivity index (χ0v) is 10.7. The molecule has 3 rings (SSSR count). The Bertz CT molecular complexity index is 642. The van der Waals surface area contributed by atoms with Gasteiger partial charge in [0.25, 0.3) is 5.69 Å². The van der Waals surface area contributed by atoms with Crippen LogP contribution in [0.4, 0.5) is 11.5 Å². The highest BCUT2D eigenvalue weighted by Gasteiger charge is 2.20. The first kappa shape index (κ1) is 11.9. The van der Waals surface area contributed by atoms with Crippen LogP contribution in [0.3, 0.4) is 0 Å². The van der Waals surface area contributed by atoms with Gasteiger partial charge in [-0.1, -0.05) is 6.92 Å². The highest BCUT2D eigenvalue weighted by molar-refractivity contribution is 5.82. The van der Waals surface area contributed by atoms with E-state index in [1.54, 1.807) is 12.1 Å². The zero-order chi connectivity index (χ0) is 13.4. The molecular formula is C14H15N3O2. The minimum Gasteiger partial charge on any atom is -0.356 e. The lowest BCUT2D eigenvalue weighted by atomic mass is 10.2. The van der Waals surface area contributed by atoms with Gasteiger partial charge in [0.05, 0.1) is 10.4 Å². The second kappa shape index (κ2) is 4.50. The smallest absolute Gasteiger partial charge is 0.270 e. The second-order valence-electron chi connectivity index (χ2n) is 5.14. The summed E-state index contributed by atoms with van der Waals surface area (Å²) >= 11 is 0. The molecule has 1 aromatic carbocycles. The molecule has 1 fully saturated rings. The lowest BCUT2D eigenvalue weighted by Gasteiger charge is -2.17. The van der Waals surface area contributed by atoms with Crippen LogP contribution in [0.15, 0.2) is 30.3 Å². The van der Waals surface area contributed by atoms with Crippen LogP contribution >= 0.6 is 0 Å². The minimum atomic E-state index is -0.379. The number of nitrogens with zero attached hydrogens (tertiary/aromatic N) is 3. The zero-order valence-electron chi connectivity index (χ0n) is 10.7. The Hall–Kier alpha value is -2.17. The minimum absolute atomic E-state index is 0.108. The first-order valence-electron chi connectivity index (χ1n) is 6.43. The van der Waals surface area contributed by atoms with Crippen molar-refractivity contribution in [2.45, 2.75) is 13.3 Å². The second-order valence-corrected chi connectivity index (χ2v) is 5.14. The number of benzene rings is 1. The monoisotopic (exact) mass is 257 g/mol. The quantitative estimate of drug-likeness (QED) is 0.613. The van der Waals surface area contributed by atoms with Crippen molar-refractivity contribution in [1.82, 2.24) is 4.98 Å². The molecule has 1 aliphatic rings. The molecule has 1 unspecified atom stereocenters. The van der Waals surface area contributed by atoms with Crippen molar-refractivity contribution >= 4 is 22.4 Å². The summed E-state index contributed by atoms with van der Waals surface area (Å²) in [5.41, 5.74) is 0.916. The lowest BCUT2D eigenvalue weighted by molar-refractivity contribution is -0.384. The van der Waals surface area contributed by atoms with Crippen LogP contribution in [-0.4, -0.2) is 23.0 Å². The van der Waals surface area contributed by atoms with Crippen LogP contribution in [-0.2, 0) is 0 Å². The summed E-state index contributed by atoms with van der Waals surface area (Å²) in [6, 6.07) is 8.65. The summed E-state index contributed by atoms with van der Waals surface area (Å²) < 4.78 is 0. The third-order valence-corrected chi connectivity index (χ3v) is 3.62. The molecule has 2 heterocycles. The fourth-order valence-corrected chi connectivity index (χ4v) is 2.54. The van der Waals surface area contributed by atoms with Gasteiger partial charge in [-0.15, -0.1) is 0 Å². The number of hydrogen-bond donors (Lipinski definition) is 0. The van der Waals surface area contributed by atoms with Crippen LogP contribution in [0.5, 0.6) is 0 Å². The number of non-ortho nitro benzene ring substituents is 1. The molecule has 0 N–H and O–H groups in total. The molecule has 0 amide bonds. The van der Waals surface area contributed by atoms with Gasteiger partial charge in [-0.2, -0.15) is 0 Å². The van der Waals surface area contributed by atoms with Gasteiger partial charge in [-0.05, 0) is 30.5 Å². The van der Waals surface area contributed by atoms with E-state index < -0.39 is 0 Å². The topological polar surface area (TPSA) is 59.3 Å². The van der Waals surface area contributed by atoms with E-state index in [2.05, 4.69) is 16.8 Å². The number of anilines is 1. The third kappa shape index (κ3) is 2.23. The molecule has 2 aromatic rings. The van der Waals surface area contributed by atoms with E-state index in [1.165, 1.54) is 12.5 Å². The highest BCUT2D eigenvalue weighted by atomic mass is 16.6. The maximum atomic E-state index is 10.7. The summed E-state index contributed by atoms with van der Waals surface area (Å²) in [6.45, 7) is 4.31. The summed E-state index contributed by atoms with van der Waals surface area (Å²) in [6.07, 6.45) is 1.19. The number of pyridine rings is 1. The molecule has 1 saturated heterocycles. The van der Waals surface area contributed by atoms with Gasteiger partial charge in [0.2, 0.25) is 0 Å². The fraction of sp³-hybridized carbons (Fsp3) is 0.357. The van der Waals surface area contributed by atoms with E-state index in [9.17, 15) is 10.1 Å². The Balaban J connectivity index is 1.97. The van der Waals surface area contributed by atoms with E-state index in [-0.39, 0.29) is 10.6 Å². The summed E-state index contributed by atoms with van der Waals surface area (Å²) in [5.74, 6) is 1.67. The SMILES string of the molecule is CC1CCN(c2ccc3cc([N+](=O)[O-])ccc3n2)C1. The van der Waals surface area contributed by atoms with E-state index >= 15 is 0 Å². The van der Waals surface area contributed by atoms with Gasteiger partial charge in [-0.3, -0.25) is 10.1 Å². The van der Waals surface area contributed by atoms with E-state index in [0.717, 1.165) is 29.8 Å². The molecule has 1 aromatic heterocycles. The predicted molar refractivity (Wildman–Crippen MR) is 74.4 cm³/mol. The van der Waals surface area contributed by atoms with Crippen molar-refractivity contribution in [3.05, 3.63) is 40.4 Å². The number of rotatable bonds is 2. The average Bonchev–Trinajstić information content (AvgIpc) is 2.84. The van der Waals surface area contributed by atoms with Crippen molar-refractivity contribution < 1.29 is 4.92 Å². The first-order valence-corrected chi connectivity index (χ1v) is 6.43. The molecule has 5 nitrogen and oxygen atoms in total. The molecule has 0 radical (unpaired) electrons. The Morgan fingerprint density at radius 2 is 2.21 bits per heavy atom. The van der Waals surface area contributed by atoms with E-state index in [0.29, 0.717) is 5.92 Å².